The molecule has 2 aromatic rings. The lowest BCUT2D eigenvalue weighted by Gasteiger charge is -2.38. The molecule has 1 atom stereocenters. The molecule has 0 amide bonds. The van der Waals surface area contributed by atoms with E-state index in [2.05, 4.69) is 43.4 Å². The third kappa shape index (κ3) is 2.57. The van der Waals surface area contributed by atoms with E-state index in [9.17, 15) is 0 Å². The minimum Gasteiger partial charge on any atom is -0.497 e. The molecule has 0 saturated carbocycles. The standard InChI is InChI=1S/C19H23NO2/c1-19(2)12-20-18(13-6-5-7-14(10-13)21-3)16-9-8-15(22-4)11-17(16)19/h5-11,18,20H,12H2,1-4H3. The molecule has 2 aromatic carbocycles. The van der Waals surface area contributed by atoms with Crippen LogP contribution in [0, 0.1) is 0 Å². The van der Waals surface area contributed by atoms with Gasteiger partial charge in [0.15, 0.2) is 0 Å². The van der Waals surface area contributed by atoms with E-state index in [0.717, 1.165) is 18.0 Å². The lowest BCUT2D eigenvalue weighted by atomic mass is 9.75. The maximum absolute atomic E-state index is 5.41. The molecule has 0 bridgehead atoms. The van der Waals surface area contributed by atoms with Crippen molar-refractivity contribution in [3.05, 3.63) is 59.2 Å². The molecule has 1 N–H and O–H groups in total. The zero-order valence-corrected chi connectivity index (χ0v) is 13.6. The first-order valence-corrected chi connectivity index (χ1v) is 7.61. The molecule has 116 valence electrons. The van der Waals surface area contributed by atoms with Gasteiger partial charge in [0.25, 0.3) is 0 Å². The van der Waals surface area contributed by atoms with Crippen LogP contribution in [0.25, 0.3) is 0 Å². The molecule has 0 aromatic heterocycles. The van der Waals surface area contributed by atoms with Crippen LogP contribution in [-0.4, -0.2) is 20.8 Å². The maximum atomic E-state index is 5.41. The number of benzene rings is 2. The Balaban J connectivity index is 2.09. The molecule has 0 saturated heterocycles. The molecule has 1 aliphatic heterocycles. The Labute approximate surface area is 132 Å². The molecule has 0 radical (unpaired) electrons. The first-order chi connectivity index (χ1) is 10.5. The van der Waals surface area contributed by atoms with Gasteiger partial charge in [-0.1, -0.05) is 32.0 Å². The van der Waals surface area contributed by atoms with Crippen LogP contribution >= 0.6 is 0 Å². The second-order valence-corrected chi connectivity index (χ2v) is 6.43. The summed E-state index contributed by atoms with van der Waals surface area (Å²) in [5.41, 5.74) is 3.96. The molecule has 3 rings (SSSR count). The lowest BCUT2D eigenvalue weighted by Crippen LogP contribution is -2.42. The van der Waals surface area contributed by atoms with Gasteiger partial charge >= 0.3 is 0 Å². The Morgan fingerprint density at radius 3 is 2.45 bits per heavy atom. The number of hydrogen-bond acceptors (Lipinski definition) is 3. The van der Waals surface area contributed by atoms with Crippen molar-refractivity contribution in [3.63, 3.8) is 0 Å². The van der Waals surface area contributed by atoms with Gasteiger partial charge in [-0.15, -0.1) is 0 Å². The van der Waals surface area contributed by atoms with Crippen LogP contribution in [-0.2, 0) is 5.41 Å². The van der Waals surface area contributed by atoms with E-state index in [-0.39, 0.29) is 11.5 Å². The summed E-state index contributed by atoms with van der Waals surface area (Å²) >= 11 is 0. The molecular weight excluding hydrogens is 274 g/mol. The highest BCUT2D eigenvalue weighted by Gasteiger charge is 2.33. The smallest absolute Gasteiger partial charge is 0.119 e. The van der Waals surface area contributed by atoms with E-state index >= 15 is 0 Å². The average Bonchev–Trinajstić information content (AvgIpc) is 2.55. The zero-order chi connectivity index (χ0) is 15.7. The molecule has 1 unspecified atom stereocenters. The van der Waals surface area contributed by atoms with E-state index < -0.39 is 0 Å². The number of ether oxygens (including phenoxy) is 2. The third-order valence-corrected chi connectivity index (χ3v) is 4.48. The van der Waals surface area contributed by atoms with Gasteiger partial charge in [0.2, 0.25) is 0 Å². The van der Waals surface area contributed by atoms with Crippen LogP contribution in [0.4, 0.5) is 0 Å². The summed E-state index contributed by atoms with van der Waals surface area (Å²) in [6.07, 6.45) is 0. The summed E-state index contributed by atoms with van der Waals surface area (Å²) in [6.45, 7) is 5.45. The minimum atomic E-state index is 0.0826. The van der Waals surface area contributed by atoms with Crippen molar-refractivity contribution in [1.82, 2.24) is 5.32 Å². The van der Waals surface area contributed by atoms with E-state index in [0.29, 0.717) is 0 Å². The lowest BCUT2D eigenvalue weighted by molar-refractivity contribution is 0.389. The monoisotopic (exact) mass is 297 g/mol. The number of methoxy groups -OCH3 is 2. The van der Waals surface area contributed by atoms with Crippen molar-refractivity contribution in [2.75, 3.05) is 20.8 Å². The van der Waals surface area contributed by atoms with Crippen molar-refractivity contribution in [2.45, 2.75) is 25.3 Å². The molecule has 0 spiro atoms. The number of nitrogens with one attached hydrogen (secondary N) is 1. The van der Waals surface area contributed by atoms with E-state index in [1.54, 1.807) is 14.2 Å². The second-order valence-electron chi connectivity index (χ2n) is 6.43. The molecule has 3 nitrogen and oxygen atoms in total. The Bertz CT molecular complexity index is 679. The molecule has 1 aliphatic rings. The molecular formula is C19H23NO2. The summed E-state index contributed by atoms with van der Waals surface area (Å²) in [6, 6.07) is 14.8. The second kappa shape index (κ2) is 5.65. The normalized spacial score (nSPS) is 19.4. The Morgan fingerprint density at radius 1 is 1.00 bits per heavy atom. The van der Waals surface area contributed by atoms with Crippen LogP contribution in [0.5, 0.6) is 11.5 Å². The zero-order valence-electron chi connectivity index (χ0n) is 13.6. The van der Waals surface area contributed by atoms with Gasteiger partial charge in [-0.05, 0) is 41.0 Å². The fraction of sp³-hybridized carbons (Fsp3) is 0.368. The average molecular weight is 297 g/mol. The van der Waals surface area contributed by atoms with Crippen molar-refractivity contribution in [1.29, 1.82) is 0 Å². The van der Waals surface area contributed by atoms with Crippen LogP contribution < -0.4 is 14.8 Å². The number of rotatable bonds is 3. The van der Waals surface area contributed by atoms with Crippen LogP contribution in [0.3, 0.4) is 0 Å². The van der Waals surface area contributed by atoms with Gasteiger partial charge in [-0.2, -0.15) is 0 Å². The highest BCUT2D eigenvalue weighted by atomic mass is 16.5. The van der Waals surface area contributed by atoms with Gasteiger partial charge in [0.05, 0.1) is 20.3 Å². The Morgan fingerprint density at radius 2 is 1.73 bits per heavy atom. The van der Waals surface area contributed by atoms with Crippen molar-refractivity contribution < 1.29 is 9.47 Å². The van der Waals surface area contributed by atoms with E-state index in [1.165, 1.54) is 16.7 Å². The van der Waals surface area contributed by atoms with Crippen molar-refractivity contribution in [2.24, 2.45) is 0 Å². The first-order valence-electron chi connectivity index (χ1n) is 7.61. The summed E-state index contributed by atoms with van der Waals surface area (Å²) < 4.78 is 10.8. The number of fused-ring (bicyclic) bond motifs is 1. The van der Waals surface area contributed by atoms with E-state index in [4.69, 9.17) is 9.47 Å². The fourth-order valence-corrected chi connectivity index (χ4v) is 3.18. The van der Waals surface area contributed by atoms with Crippen LogP contribution in [0.1, 0.15) is 36.6 Å². The van der Waals surface area contributed by atoms with Gasteiger partial charge in [-0.3, -0.25) is 0 Å². The Hall–Kier alpha value is -2.00. The summed E-state index contributed by atoms with van der Waals surface area (Å²) in [5.74, 6) is 1.80. The summed E-state index contributed by atoms with van der Waals surface area (Å²) in [7, 11) is 3.42. The predicted molar refractivity (Wildman–Crippen MR) is 88.9 cm³/mol. The number of hydrogen-bond donors (Lipinski definition) is 1. The maximum Gasteiger partial charge on any atom is 0.119 e. The molecule has 22 heavy (non-hydrogen) atoms. The molecule has 0 fully saturated rings. The van der Waals surface area contributed by atoms with Gasteiger partial charge < -0.3 is 14.8 Å². The Kier molecular flexibility index (Phi) is 3.83. The van der Waals surface area contributed by atoms with Gasteiger partial charge in [-0.25, -0.2) is 0 Å². The predicted octanol–water partition coefficient (Wildman–Crippen LogP) is 3.67. The largest absolute Gasteiger partial charge is 0.497 e. The molecule has 3 heteroatoms. The quantitative estimate of drug-likeness (QED) is 0.937. The first kappa shape index (κ1) is 14.9. The highest BCUT2D eigenvalue weighted by molar-refractivity contribution is 5.48. The third-order valence-electron chi connectivity index (χ3n) is 4.48. The minimum absolute atomic E-state index is 0.0826. The van der Waals surface area contributed by atoms with Gasteiger partial charge in [0.1, 0.15) is 11.5 Å². The molecule has 0 aliphatic carbocycles. The summed E-state index contributed by atoms with van der Waals surface area (Å²) in [4.78, 5) is 0. The van der Waals surface area contributed by atoms with Crippen molar-refractivity contribution in [3.8, 4) is 11.5 Å². The van der Waals surface area contributed by atoms with Gasteiger partial charge in [0, 0.05) is 12.0 Å². The SMILES string of the molecule is COc1cccc(C2NCC(C)(C)c3cc(OC)ccc32)c1. The highest BCUT2D eigenvalue weighted by Crippen LogP contribution is 2.39. The summed E-state index contributed by atoms with van der Waals surface area (Å²) in [5, 5.41) is 3.67. The van der Waals surface area contributed by atoms with Crippen LogP contribution in [0.2, 0.25) is 0 Å². The topological polar surface area (TPSA) is 30.5 Å². The molecule has 1 heterocycles. The van der Waals surface area contributed by atoms with Crippen molar-refractivity contribution >= 4 is 0 Å². The fourth-order valence-electron chi connectivity index (χ4n) is 3.18. The van der Waals surface area contributed by atoms with E-state index in [1.807, 2.05) is 18.2 Å². The van der Waals surface area contributed by atoms with Crippen LogP contribution in [0.15, 0.2) is 42.5 Å².